The molecule has 0 aliphatic heterocycles. The lowest BCUT2D eigenvalue weighted by Gasteiger charge is -2.25. The van der Waals surface area contributed by atoms with E-state index in [0.29, 0.717) is 15.5 Å². The van der Waals surface area contributed by atoms with E-state index in [1.165, 1.54) is 24.3 Å². The summed E-state index contributed by atoms with van der Waals surface area (Å²) in [7, 11) is -1.46. The number of fused-ring (bicyclic) bond motifs is 1. The topological polar surface area (TPSA) is 136 Å². The number of likely N-dealkylation sites (N-methyl/N-ethyl adjacent to an activating group) is 1. The Morgan fingerprint density at radius 3 is 2.45 bits per heavy atom. The van der Waals surface area contributed by atoms with Crippen LogP contribution in [0.2, 0.25) is 10.3 Å². The zero-order chi connectivity index (χ0) is 27.4. The Balaban J connectivity index is 1.57. The summed E-state index contributed by atoms with van der Waals surface area (Å²) < 4.78 is 33.6. The molecular weight excluding hydrogens is 555 g/mol. The molecule has 2 N–H and O–H groups in total. The number of amides is 3. The number of halogens is 2. The Kier molecular flexibility index (Phi) is 8.05. The largest absolute Gasteiger partial charge is 0.497 e. The number of hydrogen-bond acceptors (Lipinski definition) is 7. The third-order valence-electron chi connectivity index (χ3n) is 5.58. The number of methoxy groups -OCH3 is 1. The summed E-state index contributed by atoms with van der Waals surface area (Å²) in [5, 5.41) is 6.40. The van der Waals surface area contributed by atoms with Gasteiger partial charge in [-0.3, -0.25) is 4.79 Å². The molecule has 0 saturated heterocycles. The molecule has 0 radical (unpaired) electrons. The number of rotatable bonds is 8. The maximum atomic E-state index is 13.4. The second kappa shape index (κ2) is 11.3. The van der Waals surface area contributed by atoms with Crippen LogP contribution in [0.1, 0.15) is 5.56 Å². The van der Waals surface area contributed by atoms with Crippen LogP contribution in [0.15, 0.2) is 66.9 Å². The maximum Gasteiger partial charge on any atom is 0.347 e. The average Bonchev–Trinajstić information content (AvgIpc) is 3.33. The normalized spacial score (nSPS) is 12.1. The molecule has 0 bridgehead atoms. The highest BCUT2D eigenvalue weighted by Gasteiger charge is 2.28. The quantitative estimate of drug-likeness (QED) is 0.307. The Morgan fingerprint density at radius 1 is 1.11 bits per heavy atom. The number of carbonyl (C=O) groups is 2. The van der Waals surface area contributed by atoms with Crippen molar-refractivity contribution in [3.8, 4) is 5.75 Å². The lowest BCUT2D eigenvalue weighted by atomic mass is 10.0. The Bertz CT molecular complexity index is 1580. The molecule has 1 atom stereocenters. The molecule has 198 valence electrons. The standard InChI is InChI=1S/C24H22Cl2N6O5S/c1-31(16-8-10-17(37-2)11-9-16)23(33)19(12-15-6-4-3-5-7-15)28-24(34)30-38(35,36)32-20-13-21(25)29-22(26)18(20)14-27-32/h3-11,13-14,19H,12H2,1-2H3,(H2,28,30,34). The monoisotopic (exact) mass is 576 g/mol. The van der Waals surface area contributed by atoms with E-state index in [4.69, 9.17) is 27.9 Å². The molecule has 0 saturated carbocycles. The highest BCUT2D eigenvalue weighted by atomic mass is 35.5. The number of benzene rings is 2. The van der Waals surface area contributed by atoms with Gasteiger partial charge in [-0.1, -0.05) is 53.5 Å². The van der Waals surface area contributed by atoms with Crippen molar-refractivity contribution in [2.75, 3.05) is 19.1 Å². The van der Waals surface area contributed by atoms with Gasteiger partial charge in [-0.25, -0.2) is 14.5 Å². The summed E-state index contributed by atoms with van der Waals surface area (Å²) in [4.78, 5) is 31.5. The highest BCUT2D eigenvalue weighted by Crippen LogP contribution is 2.25. The Labute approximate surface area is 228 Å². The number of pyridine rings is 1. The van der Waals surface area contributed by atoms with Crippen molar-refractivity contribution in [3.05, 3.63) is 82.7 Å². The number of urea groups is 1. The number of anilines is 1. The first-order valence-electron chi connectivity index (χ1n) is 11.1. The fraction of sp³-hybridized carbons (Fsp3) is 0.167. The second-order valence-electron chi connectivity index (χ2n) is 8.07. The molecule has 11 nitrogen and oxygen atoms in total. The zero-order valence-electron chi connectivity index (χ0n) is 20.1. The molecule has 2 aromatic heterocycles. The minimum Gasteiger partial charge on any atom is -0.497 e. The van der Waals surface area contributed by atoms with Crippen molar-refractivity contribution in [2.45, 2.75) is 12.5 Å². The summed E-state index contributed by atoms with van der Waals surface area (Å²) >= 11 is 11.9. The first-order valence-corrected chi connectivity index (χ1v) is 13.3. The molecule has 0 aliphatic rings. The number of nitrogens with zero attached hydrogens (tertiary/aromatic N) is 4. The van der Waals surface area contributed by atoms with Crippen molar-refractivity contribution >= 4 is 61.9 Å². The van der Waals surface area contributed by atoms with Gasteiger partial charge in [0.25, 0.3) is 0 Å². The SMILES string of the molecule is COc1ccc(N(C)C(=O)C(Cc2ccccc2)NC(=O)NS(=O)(=O)n2ncc3c(Cl)nc(Cl)cc32)cc1. The lowest BCUT2D eigenvalue weighted by Crippen LogP contribution is -2.53. The van der Waals surface area contributed by atoms with E-state index in [2.05, 4.69) is 15.4 Å². The van der Waals surface area contributed by atoms with Crippen molar-refractivity contribution in [1.29, 1.82) is 0 Å². The molecule has 4 rings (SSSR count). The Morgan fingerprint density at radius 2 is 1.79 bits per heavy atom. The van der Waals surface area contributed by atoms with Crippen LogP contribution in [0.4, 0.5) is 10.5 Å². The maximum absolute atomic E-state index is 13.4. The second-order valence-corrected chi connectivity index (χ2v) is 10.3. The van der Waals surface area contributed by atoms with Crippen molar-refractivity contribution < 1.29 is 22.7 Å². The first kappa shape index (κ1) is 27.2. The minimum atomic E-state index is -4.54. The van der Waals surface area contributed by atoms with E-state index >= 15 is 0 Å². The molecule has 14 heteroatoms. The van der Waals surface area contributed by atoms with Crippen LogP contribution >= 0.6 is 23.2 Å². The van der Waals surface area contributed by atoms with Crippen LogP contribution < -0.4 is 19.7 Å². The summed E-state index contributed by atoms with van der Waals surface area (Å²) in [5.74, 6) is 0.142. The van der Waals surface area contributed by atoms with Crippen molar-refractivity contribution in [2.24, 2.45) is 0 Å². The fourth-order valence-electron chi connectivity index (χ4n) is 3.69. The summed E-state index contributed by atoms with van der Waals surface area (Å²) in [5.41, 5.74) is 1.33. The van der Waals surface area contributed by atoms with E-state index in [1.807, 2.05) is 10.8 Å². The molecule has 2 heterocycles. The third kappa shape index (κ3) is 5.98. The van der Waals surface area contributed by atoms with Gasteiger partial charge in [0, 0.05) is 25.2 Å². The van der Waals surface area contributed by atoms with E-state index < -0.39 is 28.2 Å². The van der Waals surface area contributed by atoms with E-state index in [9.17, 15) is 18.0 Å². The van der Waals surface area contributed by atoms with E-state index in [0.717, 1.165) is 5.56 Å². The van der Waals surface area contributed by atoms with Gasteiger partial charge < -0.3 is 15.0 Å². The molecule has 1 unspecified atom stereocenters. The predicted octanol–water partition coefficient (Wildman–Crippen LogP) is 3.41. The summed E-state index contributed by atoms with van der Waals surface area (Å²) in [6.07, 6.45) is 1.29. The van der Waals surface area contributed by atoms with Gasteiger partial charge in [0.2, 0.25) is 5.91 Å². The van der Waals surface area contributed by atoms with Crippen LogP contribution in [-0.2, 0) is 21.4 Å². The van der Waals surface area contributed by atoms with Gasteiger partial charge in [-0.2, -0.15) is 13.5 Å². The smallest absolute Gasteiger partial charge is 0.347 e. The number of nitrogens with one attached hydrogen (secondary N) is 2. The van der Waals surface area contributed by atoms with Gasteiger partial charge >= 0.3 is 16.2 Å². The van der Waals surface area contributed by atoms with Gasteiger partial charge in [0.05, 0.1) is 24.2 Å². The molecule has 4 aromatic rings. The van der Waals surface area contributed by atoms with Crippen LogP contribution in [0.5, 0.6) is 5.75 Å². The molecule has 2 aromatic carbocycles. The highest BCUT2D eigenvalue weighted by molar-refractivity contribution is 7.88. The van der Waals surface area contributed by atoms with Crippen LogP contribution in [-0.4, -0.2) is 54.7 Å². The van der Waals surface area contributed by atoms with Crippen molar-refractivity contribution in [3.63, 3.8) is 0 Å². The minimum absolute atomic E-state index is 0.0199. The van der Waals surface area contributed by atoms with E-state index in [-0.39, 0.29) is 27.6 Å². The molecular formula is C24H22Cl2N6O5S. The van der Waals surface area contributed by atoms with Gasteiger partial charge in [-0.05, 0) is 29.8 Å². The molecule has 0 fully saturated rings. The van der Waals surface area contributed by atoms with Gasteiger partial charge in [-0.15, -0.1) is 4.09 Å². The zero-order valence-corrected chi connectivity index (χ0v) is 22.5. The van der Waals surface area contributed by atoms with Gasteiger partial charge in [0.1, 0.15) is 22.1 Å². The van der Waals surface area contributed by atoms with Crippen molar-refractivity contribution in [1.82, 2.24) is 24.2 Å². The summed E-state index contributed by atoms with van der Waals surface area (Å²) in [6.45, 7) is 0. The lowest BCUT2D eigenvalue weighted by molar-refractivity contribution is -0.120. The number of carbonyl (C=O) groups excluding carboxylic acids is 2. The molecule has 0 aliphatic carbocycles. The number of hydrogen-bond donors (Lipinski definition) is 2. The van der Waals surface area contributed by atoms with E-state index in [1.54, 1.807) is 55.6 Å². The summed E-state index contributed by atoms with van der Waals surface area (Å²) in [6, 6.07) is 14.8. The van der Waals surface area contributed by atoms with Crippen LogP contribution in [0.3, 0.4) is 0 Å². The number of ether oxygens (including phenoxy) is 1. The van der Waals surface area contributed by atoms with Crippen LogP contribution in [0, 0.1) is 0 Å². The Hall–Kier alpha value is -3.87. The average molecular weight is 577 g/mol. The molecule has 3 amide bonds. The molecule has 38 heavy (non-hydrogen) atoms. The third-order valence-corrected chi connectivity index (χ3v) is 7.25. The molecule has 0 spiro atoms. The predicted molar refractivity (Wildman–Crippen MR) is 144 cm³/mol. The number of aromatic nitrogens is 3. The van der Waals surface area contributed by atoms with Gasteiger partial charge in [0.15, 0.2) is 0 Å². The van der Waals surface area contributed by atoms with Crippen LogP contribution in [0.25, 0.3) is 10.9 Å². The first-order chi connectivity index (χ1) is 18.1. The fourth-order valence-corrected chi connectivity index (χ4v) is 5.12.